The monoisotopic (exact) mass is 786 g/mol. The molecule has 0 radical (unpaired) electrons. The van der Waals surface area contributed by atoms with Crippen LogP contribution in [-0.2, 0) is 41.9 Å². The minimum absolute atomic E-state index is 0.0339. The van der Waals surface area contributed by atoms with Crippen molar-refractivity contribution in [3.63, 3.8) is 0 Å². The number of ether oxygens (including phenoxy) is 1. The summed E-state index contributed by atoms with van der Waals surface area (Å²) in [7, 11) is 0. The maximum atomic E-state index is 13.2. The number of esters is 1. The number of nitrogens with zero attached hydrogens (tertiary/aromatic N) is 5. The molecule has 0 aromatic carbocycles. The maximum absolute atomic E-state index is 13.2. The van der Waals surface area contributed by atoms with Gasteiger partial charge in [0.15, 0.2) is 24.1 Å². The van der Waals surface area contributed by atoms with Crippen LogP contribution >= 0.6 is 23.3 Å². The number of amides is 2. The van der Waals surface area contributed by atoms with Crippen LogP contribution in [0.15, 0.2) is 41.0 Å². The molecule has 296 valence electrons. The van der Waals surface area contributed by atoms with E-state index in [4.69, 9.17) is 15.3 Å². The first-order valence-electron chi connectivity index (χ1n) is 19.4. The number of carbonyl (C=O) groups excluding carboxylic acids is 3. The Kier molecular flexibility index (Phi) is 18.2. The molecule has 2 aliphatic rings. The number of hydrogen-bond donors (Lipinski definition) is 3. The number of rotatable bonds is 26. The van der Waals surface area contributed by atoms with Gasteiger partial charge >= 0.3 is 11.9 Å². The number of carbonyl (C=O) groups is 4. The number of hydrogen-bond acceptors (Lipinski definition) is 12. The van der Waals surface area contributed by atoms with E-state index in [9.17, 15) is 24.3 Å². The van der Waals surface area contributed by atoms with E-state index in [1.165, 1.54) is 93.7 Å². The van der Waals surface area contributed by atoms with Crippen molar-refractivity contribution in [2.45, 2.75) is 141 Å². The second-order valence-corrected chi connectivity index (χ2v) is 15.6. The molecule has 0 bridgehead atoms. The summed E-state index contributed by atoms with van der Waals surface area (Å²) >= 11 is 2.24. The quantitative estimate of drug-likeness (QED) is 0.0257. The maximum Gasteiger partial charge on any atom is 0.352 e. The van der Waals surface area contributed by atoms with E-state index in [0.29, 0.717) is 17.7 Å². The highest BCUT2D eigenvalue weighted by molar-refractivity contribution is 8.00. The van der Waals surface area contributed by atoms with Gasteiger partial charge in [-0.1, -0.05) is 102 Å². The molecule has 0 aliphatic carbocycles. The van der Waals surface area contributed by atoms with Crippen molar-refractivity contribution in [3.05, 3.63) is 47.2 Å². The van der Waals surface area contributed by atoms with Crippen LogP contribution in [0, 0.1) is 0 Å². The third-order valence-corrected chi connectivity index (χ3v) is 11.3. The smallest absolute Gasteiger partial charge is 0.352 e. The number of fused-ring (bicyclic) bond motifs is 1. The topological polar surface area (TPSA) is 190 Å². The predicted octanol–water partition coefficient (Wildman–Crippen LogP) is 5.89. The van der Waals surface area contributed by atoms with Crippen LogP contribution < -0.4 is 15.6 Å². The number of pyridine rings is 1. The number of aromatic nitrogens is 3. The molecule has 2 aromatic heterocycles. The third-order valence-electron chi connectivity index (χ3n) is 9.41. The number of unbranched alkanes of at least 4 members (excludes halogenated alkanes) is 14. The van der Waals surface area contributed by atoms with Crippen molar-refractivity contribution >= 4 is 57.9 Å². The zero-order valence-corrected chi connectivity index (χ0v) is 33.3. The Labute approximate surface area is 326 Å². The normalized spacial score (nSPS) is 16.9. The van der Waals surface area contributed by atoms with Crippen LogP contribution in [0.4, 0.5) is 5.13 Å². The Morgan fingerprint density at radius 1 is 0.981 bits per heavy atom. The highest BCUT2D eigenvalue weighted by atomic mass is 32.2. The second kappa shape index (κ2) is 23.0. The van der Waals surface area contributed by atoms with E-state index in [0.717, 1.165) is 36.4 Å². The van der Waals surface area contributed by atoms with E-state index in [1.807, 2.05) is 16.7 Å². The Morgan fingerprint density at radius 2 is 1.59 bits per heavy atom. The first kappa shape index (κ1) is 42.7. The lowest BCUT2D eigenvalue weighted by molar-refractivity contribution is -0.689. The molecule has 2 aromatic rings. The summed E-state index contributed by atoms with van der Waals surface area (Å²) in [6, 6.07) is 2.68. The zero-order valence-electron chi connectivity index (χ0n) is 31.6. The van der Waals surface area contributed by atoms with E-state index < -0.39 is 29.2 Å². The SMILES string of the molecule is CCCCCCCCCCCCCCCCCC(=O)OCc1cc[n+](CC2=C(C(=O)O)N3C(=O)C(NC(=O)C(=NOCC)c4nsc(N)n4)[C@@H]3SC2)cc1. The molecule has 4 rings (SSSR count). The van der Waals surface area contributed by atoms with Gasteiger partial charge in [-0.2, -0.15) is 9.36 Å². The molecule has 2 amide bonds. The number of carboxylic acid groups (broad SMARTS) is 1. The fourth-order valence-electron chi connectivity index (χ4n) is 6.45. The Balaban J connectivity index is 1.15. The van der Waals surface area contributed by atoms with Crippen molar-refractivity contribution in [1.29, 1.82) is 0 Å². The fourth-order valence-corrected chi connectivity index (χ4v) is 8.22. The number of nitrogens with two attached hydrogens (primary N) is 1. The number of anilines is 1. The lowest BCUT2D eigenvalue weighted by atomic mass is 10.0. The predicted molar refractivity (Wildman–Crippen MR) is 208 cm³/mol. The second-order valence-electron chi connectivity index (χ2n) is 13.7. The molecule has 54 heavy (non-hydrogen) atoms. The molecule has 4 heterocycles. The van der Waals surface area contributed by atoms with E-state index in [1.54, 1.807) is 19.3 Å². The van der Waals surface area contributed by atoms with Crippen molar-refractivity contribution < 1.29 is 38.4 Å². The summed E-state index contributed by atoms with van der Waals surface area (Å²) < 4.78 is 11.3. The summed E-state index contributed by atoms with van der Waals surface area (Å²) in [5.74, 6) is -2.43. The van der Waals surface area contributed by atoms with Gasteiger partial charge in [0, 0.05) is 47.0 Å². The molecule has 1 fully saturated rings. The summed E-state index contributed by atoms with van der Waals surface area (Å²) in [5.41, 5.74) is 6.70. The van der Waals surface area contributed by atoms with Gasteiger partial charge in [0.25, 0.3) is 11.8 Å². The minimum Gasteiger partial charge on any atom is -0.477 e. The van der Waals surface area contributed by atoms with Gasteiger partial charge in [0.05, 0.1) is 0 Å². The first-order chi connectivity index (χ1) is 26.2. The van der Waals surface area contributed by atoms with Crippen LogP contribution in [0.25, 0.3) is 0 Å². The molecule has 14 nitrogen and oxygen atoms in total. The molecular weight excluding hydrogens is 731 g/mol. The van der Waals surface area contributed by atoms with Gasteiger partial charge in [-0.15, -0.1) is 11.8 Å². The Morgan fingerprint density at radius 3 is 2.15 bits per heavy atom. The van der Waals surface area contributed by atoms with Gasteiger partial charge in [-0.25, -0.2) is 9.36 Å². The summed E-state index contributed by atoms with van der Waals surface area (Å²) in [6.45, 7) is 4.54. The number of nitrogen functional groups attached to an aromatic ring is 1. The lowest BCUT2D eigenvalue weighted by Gasteiger charge is -2.49. The van der Waals surface area contributed by atoms with Crippen LogP contribution in [0.3, 0.4) is 0 Å². The van der Waals surface area contributed by atoms with E-state index in [-0.39, 0.29) is 48.1 Å². The summed E-state index contributed by atoms with van der Waals surface area (Å²) in [5, 5.41) is 16.1. The third kappa shape index (κ3) is 13.1. The molecular formula is C38H56N7O7S2+. The first-order valence-corrected chi connectivity index (χ1v) is 21.2. The molecule has 1 saturated heterocycles. The van der Waals surface area contributed by atoms with Gasteiger partial charge in [-0.05, 0) is 13.3 Å². The molecule has 16 heteroatoms. The molecule has 4 N–H and O–H groups in total. The number of carboxylic acids is 1. The minimum atomic E-state index is -1.23. The van der Waals surface area contributed by atoms with Crippen LogP contribution in [0.1, 0.15) is 128 Å². The lowest BCUT2D eigenvalue weighted by Crippen LogP contribution is -2.71. The van der Waals surface area contributed by atoms with Gasteiger partial charge in [0.1, 0.15) is 30.3 Å². The molecule has 2 atom stereocenters. The van der Waals surface area contributed by atoms with E-state index >= 15 is 0 Å². The van der Waals surface area contributed by atoms with E-state index in [2.05, 4.69) is 26.8 Å². The average molecular weight is 787 g/mol. The zero-order chi connectivity index (χ0) is 38.7. The largest absolute Gasteiger partial charge is 0.477 e. The van der Waals surface area contributed by atoms with Crippen LogP contribution in [-0.4, -0.2) is 72.6 Å². The highest BCUT2D eigenvalue weighted by Gasteiger charge is 2.55. The van der Waals surface area contributed by atoms with Crippen LogP contribution in [0.5, 0.6) is 0 Å². The Bertz CT molecular complexity index is 1600. The number of β-lactam (4-membered cyclic amide) rings is 1. The number of oxime groups is 1. The number of aliphatic carboxylic acids is 1. The highest BCUT2D eigenvalue weighted by Crippen LogP contribution is 2.40. The van der Waals surface area contributed by atoms with Gasteiger partial charge in [0.2, 0.25) is 11.5 Å². The molecule has 0 spiro atoms. The Hall–Kier alpha value is -4.05. The average Bonchev–Trinajstić information content (AvgIpc) is 3.60. The van der Waals surface area contributed by atoms with Crippen molar-refractivity contribution in [1.82, 2.24) is 19.6 Å². The summed E-state index contributed by atoms with van der Waals surface area (Å²) in [4.78, 5) is 61.3. The molecule has 1 unspecified atom stereocenters. The van der Waals surface area contributed by atoms with Crippen molar-refractivity contribution in [2.24, 2.45) is 5.16 Å². The number of thioether (sulfide) groups is 1. The number of nitrogens with one attached hydrogen (secondary N) is 1. The standard InChI is InChI=1S/C38H55N7O7S2/c1-3-5-6-7-8-9-10-11-12-13-14-15-16-17-18-19-29(46)51-25-27-20-22-44(23-21-27)24-28-26-53-36-31(35(48)45(36)32(28)37(49)50)40-34(47)30(42-52-4-2)33-41-38(39)54-43-33/h20-23,31,36H,3-19,24-26H2,1-2H3,(H3-,39,40,41,43,47,49,50)/p+1/t31?,36-/m0/s1. The molecule has 2 aliphatic heterocycles. The molecule has 0 saturated carbocycles. The van der Waals surface area contributed by atoms with Crippen molar-refractivity contribution in [3.8, 4) is 0 Å². The van der Waals surface area contributed by atoms with Gasteiger partial charge < -0.3 is 25.7 Å². The summed E-state index contributed by atoms with van der Waals surface area (Å²) in [6.07, 6.45) is 23.1. The van der Waals surface area contributed by atoms with Crippen molar-refractivity contribution in [2.75, 3.05) is 18.1 Å². The fraction of sp³-hybridized carbons (Fsp3) is 0.632. The van der Waals surface area contributed by atoms with Gasteiger partial charge in [-0.3, -0.25) is 19.3 Å². The van der Waals surface area contributed by atoms with Crippen LogP contribution in [0.2, 0.25) is 0 Å².